The zero-order valence-electron chi connectivity index (χ0n) is 18.2. The summed E-state index contributed by atoms with van der Waals surface area (Å²) >= 11 is 5.47. The molecular formula is C21H24N6O5S. The molecular weight excluding hydrogens is 448 g/mol. The van der Waals surface area contributed by atoms with Gasteiger partial charge in [0.05, 0.1) is 18.5 Å². The molecule has 12 heteroatoms. The van der Waals surface area contributed by atoms with Crippen molar-refractivity contribution in [2.24, 2.45) is 0 Å². The molecule has 2 N–H and O–H groups in total. The Morgan fingerprint density at radius 1 is 1.27 bits per heavy atom. The number of pyridine rings is 1. The standard InChI is InChI=1S/C21H24N6O5S/c1-3-25-20(29)17(12-19(28)24-14-4-7-16(32-2)8-5-14)26(21(25)33)11-10-22-18-9-6-15(13-23-18)27(30)31/h4-9,13,17H,3,10-12H2,1-2H3,(H,22,23)(H,24,28)/t17-/m1/s1. The average molecular weight is 473 g/mol. The maximum Gasteiger partial charge on any atom is 0.287 e. The van der Waals surface area contributed by atoms with Crippen molar-refractivity contribution < 1.29 is 19.2 Å². The van der Waals surface area contributed by atoms with Crippen molar-refractivity contribution in [3.63, 3.8) is 0 Å². The van der Waals surface area contributed by atoms with Gasteiger partial charge in [-0.05, 0) is 49.5 Å². The molecule has 1 fully saturated rings. The Morgan fingerprint density at radius 2 is 2.00 bits per heavy atom. The molecule has 2 aromatic rings. The predicted molar refractivity (Wildman–Crippen MR) is 126 cm³/mol. The van der Waals surface area contributed by atoms with Gasteiger partial charge in [0.25, 0.3) is 11.6 Å². The minimum absolute atomic E-state index is 0.0582. The van der Waals surface area contributed by atoms with Crippen LogP contribution in [-0.4, -0.2) is 69.4 Å². The first-order chi connectivity index (χ1) is 15.8. The summed E-state index contributed by atoms with van der Waals surface area (Å²) in [5.74, 6) is 0.595. The summed E-state index contributed by atoms with van der Waals surface area (Å²) in [6.07, 6.45) is 1.11. The number of rotatable bonds is 10. The highest BCUT2D eigenvalue weighted by Crippen LogP contribution is 2.22. The average Bonchev–Trinajstić information content (AvgIpc) is 3.03. The van der Waals surface area contributed by atoms with Crippen molar-refractivity contribution in [2.75, 3.05) is 37.4 Å². The molecule has 1 aromatic heterocycles. The molecule has 1 saturated heterocycles. The highest BCUT2D eigenvalue weighted by molar-refractivity contribution is 7.80. The minimum atomic E-state index is -0.720. The molecule has 2 heterocycles. The highest BCUT2D eigenvalue weighted by Gasteiger charge is 2.42. The number of carbonyl (C=O) groups is 2. The van der Waals surface area contributed by atoms with E-state index in [-0.39, 0.29) is 23.9 Å². The number of nitrogens with zero attached hydrogens (tertiary/aromatic N) is 4. The second kappa shape index (κ2) is 10.7. The summed E-state index contributed by atoms with van der Waals surface area (Å²) in [5.41, 5.74) is 0.493. The van der Waals surface area contributed by atoms with Crippen molar-refractivity contribution in [2.45, 2.75) is 19.4 Å². The van der Waals surface area contributed by atoms with Crippen molar-refractivity contribution in [3.8, 4) is 5.75 Å². The molecule has 0 bridgehead atoms. The quantitative estimate of drug-likeness (QED) is 0.304. The van der Waals surface area contributed by atoms with E-state index in [1.807, 2.05) is 6.92 Å². The first-order valence-electron chi connectivity index (χ1n) is 10.2. The topological polar surface area (TPSA) is 130 Å². The van der Waals surface area contributed by atoms with Gasteiger partial charge in [-0.1, -0.05) is 0 Å². The maximum absolute atomic E-state index is 12.9. The van der Waals surface area contributed by atoms with Gasteiger partial charge in [0.1, 0.15) is 23.8 Å². The van der Waals surface area contributed by atoms with E-state index in [1.165, 1.54) is 17.0 Å². The van der Waals surface area contributed by atoms with Gasteiger partial charge in [-0.3, -0.25) is 24.6 Å². The van der Waals surface area contributed by atoms with Crippen molar-refractivity contribution >= 4 is 46.3 Å². The summed E-state index contributed by atoms with van der Waals surface area (Å²) < 4.78 is 5.11. The van der Waals surface area contributed by atoms with Gasteiger partial charge in [0, 0.05) is 31.4 Å². The van der Waals surface area contributed by atoms with E-state index in [9.17, 15) is 19.7 Å². The Balaban J connectivity index is 1.62. The second-order valence-electron chi connectivity index (χ2n) is 7.14. The minimum Gasteiger partial charge on any atom is -0.497 e. The molecule has 0 unspecified atom stereocenters. The van der Waals surface area contributed by atoms with E-state index in [0.717, 1.165) is 6.20 Å². The lowest BCUT2D eigenvalue weighted by molar-refractivity contribution is -0.385. The Bertz CT molecular complexity index is 1030. The first kappa shape index (κ1) is 23.9. The number of hydrogen-bond donors (Lipinski definition) is 2. The lowest BCUT2D eigenvalue weighted by Gasteiger charge is -2.24. The lowest BCUT2D eigenvalue weighted by Crippen LogP contribution is -2.40. The fourth-order valence-corrected chi connectivity index (χ4v) is 3.84. The smallest absolute Gasteiger partial charge is 0.287 e. The molecule has 11 nitrogen and oxygen atoms in total. The zero-order chi connectivity index (χ0) is 24.0. The van der Waals surface area contributed by atoms with Crippen LogP contribution < -0.4 is 15.4 Å². The molecule has 0 saturated carbocycles. The van der Waals surface area contributed by atoms with Crippen LogP contribution in [0.3, 0.4) is 0 Å². The van der Waals surface area contributed by atoms with Crippen LogP contribution in [0.1, 0.15) is 13.3 Å². The van der Waals surface area contributed by atoms with Crippen LogP contribution >= 0.6 is 12.2 Å². The van der Waals surface area contributed by atoms with E-state index in [0.29, 0.717) is 42.0 Å². The molecule has 0 aliphatic carbocycles. The van der Waals surface area contributed by atoms with Crippen LogP contribution in [0.5, 0.6) is 5.75 Å². The van der Waals surface area contributed by atoms with Gasteiger partial charge in [0.2, 0.25) is 5.91 Å². The van der Waals surface area contributed by atoms with Crippen molar-refractivity contribution in [1.82, 2.24) is 14.8 Å². The Morgan fingerprint density at radius 3 is 2.58 bits per heavy atom. The maximum atomic E-state index is 12.9. The number of methoxy groups -OCH3 is 1. The van der Waals surface area contributed by atoms with E-state index in [4.69, 9.17) is 17.0 Å². The van der Waals surface area contributed by atoms with E-state index in [1.54, 1.807) is 36.3 Å². The Hall–Kier alpha value is -3.80. The third-order valence-corrected chi connectivity index (χ3v) is 5.55. The molecule has 2 amide bonds. The van der Waals surface area contributed by atoms with Gasteiger partial charge in [0.15, 0.2) is 5.11 Å². The Kier molecular flexibility index (Phi) is 7.72. The SMILES string of the molecule is CCN1C(=O)[C@@H](CC(=O)Nc2ccc(OC)cc2)N(CCNc2ccc([N+](=O)[O-])cn2)C1=S. The van der Waals surface area contributed by atoms with Crippen LogP contribution in [0, 0.1) is 10.1 Å². The van der Waals surface area contributed by atoms with Gasteiger partial charge in [-0.25, -0.2) is 4.98 Å². The summed E-state index contributed by atoms with van der Waals surface area (Å²) in [6.45, 7) is 2.94. The van der Waals surface area contributed by atoms with Gasteiger partial charge >= 0.3 is 0 Å². The predicted octanol–water partition coefficient (Wildman–Crippen LogP) is 2.26. The first-order valence-corrected chi connectivity index (χ1v) is 10.6. The number of nitrogens with one attached hydrogen (secondary N) is 2. The van der Waals surface area contributed by atoms with Gasteiger partial charge < -0.3 is 20.3 Å². The van der Waals surface area contributed by atoms with Crippen molar-refractivity contribution in [3.05, 3.63) is 52.7 Å². The number of anilines is 2. The zero-order valence-corrected chi connectivity index (χ0v) is 19.0. The molecule has 1 aliphatic heterocycles. The van der Waals surface area contributed by atoms with E-state index >= 15 is 0 Å². The molecule has 174 valence electrons. The van der Waals surface area contributed by atoms with Crippen molar-refractivity contribution in [1.29, 1.82) is 0 Å². The number of ether oxygens (including phenoxy) is 1. The third-order valence-electron chi connectivity index (χ3n) is 5.09. The van der Waals surface area contributed by atoms with E-state index < -0.39 is 11.0 Å². The number of hydrogen-bond acceptors (Lipinski definition) is 8. The van der Waals surface area contributed by atoms with Crippen LogP contribution in [-0.2, 0) is 9.59 Å². The van der Waals surface area contributed by atoms with Crippen LogP contribution in [0.15, 0.2) is 42.6 Å². The second-order valence-corrected chi connectivity index (χ2v) is 7.51. The van der Waals surface area contributed by atoms with Gasteiger partial charge in [-0.2, -0.15) is 0 Å². The summed E-state index contributed by atoms with van der Waals surface area (Å²) in [7, 11) is 1.56. The number of thiocarbonyl (C=S) groups is 1. The number of carbonyl (C=O) groups excluding carboxylic acids is 2. The third kappa shape index (κ3) is 5.71. The number of benzene rings is 1. The van der Waals surface area contributed by atoms with Crippen LogP contribution in [0.4, 0.5) is 17.2 Å². The number of likely N-dealkylation sites (N-methyl/N-ethyl adjacent to an activating group) is 1. The number of aromatic nitrogens is 1. The summed E-state index contributed by atoms with van der Waals surface area (Å²) in [5, 5.41) is 17.0. The van der Waals surface area contributed by atoms with Crippen LogP contribution in [0.25, 0.3) is 0 Å². The van der Waals surface area contributed by atoms with Gasteiger partial charge in [-0.15, -0.1) is 0 Å². The normalized spacial score (nSPS) is 15.5. The summed E-state index contributed by atoms with van der Waals surface area (Å²) in [6, 6.07) is 9.03. The fraction of sp³-hybridized carbons (Fsp3) is 0.333. The lowest BCUT2D eigenvalue weighted by atomic mass is 10.1. The molecule has 1 atom stereocenters. The largest absolute Gasteiger partial charge is 0.497 e. The molecule has 1 aliphatic rings. The number of amides is 2. The van der Waals surface area contributed by atoms with Crippen LogP contribution in [0.2, 0.25) is 0 Å². The molecule has 0 radical (unpaired) electrons. The fourth-order valence-electron chi connectivity index (χ4n) is 3.40. The Labute approximate surface area is 195 Å². The monoisotopic (exact) mass is 472 g/mol. The highest BCUT2D eigenvalue weighted by atomic mass is 32.1. The summed E-state index contributed by atoms with van der Waals surface area (Å²) in [4.78, 5) is 42.9. The molecule has 0 spiro atoms. The number of nitro groups is 1. The molecule has 33 heavy (non-hydrogen) atoms. The molecule has 3 rings (SSSR count). The molecule has 1 aromatic carbocycles. The van der Waals surface area contributed by atoms with E-state index in [2.05, 4.69) is 15.6 Å².